The van der Waals surface area contributed by atoms with E-state index in [1.807, 2.05) is 6.07 Å². The number of anilines is 1. The molecular formula is C17H21FN2. The van der Waals surface area contributed by atoms with Gasteiger partial charge in [0.25, 0.3) is 0 Å². The smallest absolute Gasteiger partial charge is 0.125 e. The summed E-state index contributed by atoms with van der Waals surface area (Å²) in [6, 6.07) is 7.83. The summed E-state index contributed by atoms with van der Waals surface area (Å²) in [5.74, 6) is 0.626. The monoisotopic (exact) mass is 272 g/mol. The number of fused-ring (bicyclic) bond motifs is 1. The number of halogens is 1. The lowest BCUT2D eigenvalue weighted by molar-refractivity contribution is 0.262. The molecular weight excluding hydrogens is 251 g/mol. The van der Waals surface area contributed by atoms with E-state index in [1.165, 1.54) is 12.0 Å². The van der Waals surface area contributed by atoms with E-state index in [0.717, 1.165) is 37.9 Å². The number of nitriles is 1. The van der Waals surface area contributed by atoms with E-state index < -0.39 is 0 Å². The van der Waals surface area contributed by atoms with Gasteiger partial charge in [0.15, 0.2) is 0 Å². The van der Waals surface area contributed by atoms with Gasteiger partial charge < -0.3 is 4.90 Å². The van der Waals surface area contributed by atoms with E-state index in [1.54, 1.807) is 12.1 Å². The first kappa shape index (κ1) is 13.4. The molecule has 0 radical (unpaired) electrons. The second-order valence-corrected chi connectivity index (χ2v) is 6.11. The Morgan fingerprint density at radius 1 is 1.40 bits per heavy atom. The van der Waals surface area contributed by atoms with Gasteiger partial charge in [-0.25, -0.2) is 4.39 Å². The third kappa shape index (κ3) is 2.28. The van der Waals surface area contributed by atoms with Gasteiger partial charge in [0.1, 0.15) is 5.82 Å². The van der Waals surface area contributed by atoms with Crippen LogP contribution in [0.15, 0.2) is 18.2 Å². The number of benzene rings is 1. The average Bonchev–Trinajstić information content (AvgIpc) is 2.89. The van der Waals surface area contributed by atoms with E-state index in [0.29, 0.717) is 5.92 Å². The summed E-state index contributed by atoms with van der Waals surface area (Å²) in [4.78, 5) is 2.30. The summed E-state index contributed by atoms with van der Waals surface area (Å²) in [6.45, 7) is 3.16. The van der Waals surface area contributed by atoms with Crippen LogP contribution in [-0.4, -0.2) is 12.6 Å². The summed E-state index contributed by atoms with van der Waals surface area (Å²) in [7, 11) is 0. The minimum atomic E-state index is -0.174. The molecule has 2 aliphatic rings. The molecule has 0 saturated heterocycles. The van der Waals surface area contributed by atoms with E-state index in [4.69, 9.17) is 0 Å². The molecule has 1 aliphatic heterocycles. The Kier molecular flexibility index (Phi) is 3.65. The first-order valence-electron chi connectivity index (χ1n) is 7.67. The van der Waals surface area contributed by atoms with Gasteiger partial charge in [-0.2, -0.15) is 5.26 Å². The van der Waals surface area contributed by atoms with Crippen LogP contribution in [0.2, 0.25) is 0 Å². The third-order valence-corrected chi connectivity index (χ3v) is 5.05. The van der Waals surface area contributed by atoms with Crippen molar-refractivity contribution in [1.82, 2.24) is 0 Å². The fourth-order valence-corrected chi connectivity index (χ4v) is 3.82. The van der Waals surface area contributed by atoms with E-state index in [2.05, 4.69) is 17.9 Å². The van der Waals surface area contributed by atoms with Crippen LogP contribution >= 0.6 is 0 Å². The second kappa shape index (κ2) is 5.44. The number of hydrogen-bond acceptors (Lipinski definition) is 2. The van der Waals surface area contributed by atoms with Gasteiger partial charge in [-0.05, 0) is 49.3 Å². The lowest BCUT2D eigenvalue weighted by Gasteiger charge is -2.39. The minimum absolute atomic E-state index is 0.0898. The molecule has 1 saturated carbocycles. The number of rotatable bonds is 2. The molecule has 0 N–H and O–H groups in total. The maximum absolute atomic E-state index is 13.5. The minimum Gasteiger partial charge on any atom is -0.367 e. The average molecular weight is 272 g/mol. The maximum Gasteiger partial charge on any atom is 0.125 e. The van der Waals surface area contributed by atoms with E-state index in [-0.39, 0.29) is 17.8 Å². The van der Waals surface area contributed by atoms with Gasteiger partial charge in [0.05, 0.1) is 12.0 Å². The molecule has 0 amide bonds. The van der Waals surface area contributed by atoms with Crippen molar-refractivity contribution in [3.63, 3.8) is 0 Å². The fraction of sp³-hybridized carbons (Fsp3) is 0.588. The molecule has 3 heteroatoms. The second-order valence-electron chi connectivity index (χ2n) is 6.11. The van der Waals surface area contributed by atoms with Gasteiger partial charge in [-0.15, -0.1) is 0 Å². The van der Waals surface area contributed by atoms with Crippen LogP contribution in [0, 0.1) is 29.0 Å². The van der Waals surface area contributed by atoms with Crippen molar-refractivity contribution in [3.05, 3.63) is 29.6 Å². The van der Waals surface area contributed by atoms with Crippen LogP contribution in [-0.2, 0) is 6.42 Å². The molecule has 3 rings (SSSR count). The van der Waals surface area contributed by atoms with Crippen molar-refractivity contribution in [2.45, 2.75) is 45.1 Å². The largest absolute Gasteiger partial charge is 0.367 e. The quantitative estimate of drug-likeness (QED) is 0.816. The molecule has 2 nitrogen and oxygen atoms in total. The highest BCUT2D eigenvalue weighted by atomic mass is 19.1. The molecule has 3 unspecified atom stereocenters. The third-order valence-electron chi connectivity index (χ3n) is 5.05. The van der Waals surface area contributed by atoms with Gasteiger partial charge in [-0.3, -0.25) is 0 Å². The fourth-order valence-electron chi connectivity index (χ4n) is 3.82. The Morgan fingerprint density at radius 3 is 3.00 bits per heavy atom. The van der Waals surface area contributed by atoms with Gasteiger partial charge >= 0.3 is 0 Å². The number of nitrogens with zero attached hydrogens (tertiary/aromatic N) is 2. The molecule has 1 fully saturated rings. The molecule has 20 heavy (non-hydrogen) atoms. The van der Waals surface area contributed by atoms with Gasteiger partial charge in [0.2, 0.25) is 0 Å². The molecule has 1 aromatic carbocycles. The first-order chi connectivity index (χ1) is 9.72. The normalized spacial score (nSPS) is 29.1. The Bertz CT molecular complexity index is 534. The molecule has 0 bridgehead atoms. The van der Waals surface area contributed by atoms with Crippen LogP contribution in [0.5, 0.6) is 0 Å². The Morgan fingerprint density at radius 2 is 2.25 bits per heavy atom. The van der Waals surface area contributed by atoms with Crippen LogP contribution < -0.4 is 4.90 Å². The molecule has 106 valence electrons. The van der Waals surface area contributed by atoms with Crippen LogP contribution in [0.1, 0.15) is 38.2 Å². The summed E-state index contributed by atoms with van der Waals surface area (Å²) >= 11 is 0. The first-order valence-corrected chi connectivity index (χ1v) is 7.67. The van der Waals surface area contributed by atoms with E-state index >= 15 is 0 Å². The van der Waals surface area contributed by atoms with Crippen molar-refractivity contribution in [2.75, 3.05) is 11.4 Å². The summed E-state index contributed by atoms with van der Waals surface area (Å²) in [5, 5.41) is 9.43. The SMILES string of the molecule is CCC1CCC(C#N)C(N2CCc3ccc(F)cc32)C1. The van der Waals surface area contributed by atoms with Gasteiger partial charge in [0, 0.05) is 18.3 Å². The molecule has 0 spiro atoms. The van der Waals surface area contributed by atoms with Crippen molar-refractivity contribution >= 4 is 5.69 Å². The molecule has 1 heterocycles. The molecule has 1 aromatic rings. The predicted molar refractivity (Wildman–Crippen MR) is 78.0 cm³/mol. The lowest BCUT2D eigenvalue weighted by Crippen LogP contribution is -2.43. The Hall–Kier alpha value is -1.56. The predicted octanol–water partition coefficient (Wildman–Crippen LogP) is 3.91. The lowest BCUT2D eigenvalue weighted by atomic mass is 9.77. The Balaban J connectivity index is 1.89. The van der Waals surface area contributed by atoms with Crippen molar-refractivity contribution in [3.8, 4) is 6.07 Å². The van der Waals surface area contributed by atoms with Crippen LogP contribution in [0.25, 0.3) is 0 Å². The van der Waals surface area contributed by atoms with Crippen molar-refractivity contribution in [1.29, 1.82) is 5.26 Å². The zero-order valence-electron chi connectivity index (χ0n) is 12.0. The topological polar surface area (TPSA) is 27.0 Å². The summed E-state index contributed by atoms with van der Waals surface area (Å²) < 4.78 is 13.5. The summed E-state index contributed by atoms with van der Waals surface area (Å²) in [6.07, 6.45) is 5.38. The molecule has 0 aromatic heterocycles. The van der Waals surface area contributed by atoms with E-state index in [9.17, 15) is 9.65 Å². The molecule has 1 aliphatic carbocycles. The highest BCUT2D eigenvalue weighted by molar-refractivity contribution is 5.59. The summed E-state index contributed by atoms with van der Waals surface area (Å²) in [5.41, 5.74) is 2.24. The zero-order valence-corrected chi connectivity index (χ0v) is 12.0. The highest BCUT2D eigenvalue weighted by Crippen LogP contribution is 2.39. The zero-order chi connectivity index (χ0) is 14.1. The van der Waals surface area contributed by atoms with Crippen LogP contribution in [0.4, 0.5) is 10.1 Å². The maximum atomic E-state index is 13.5. The van der Waals surface area contributed by atoms with Gasteiger partial charge in [-0.1, -0.05) is 19.4 Å². The van der Waals surface area contributed by atoms with Crippen molar-refractivity contribution < 1.29 is 4.39 Å². The standard InChI is InChI=1S/C17H21FN2/c1-2-12-3-4-14(11-19)16(9-12)20-8-7-13-5-6-15(18)10-17(13)20/h5-6,10,12,14,16H,2-4,7-9H2,1H3. The van der Waals surface area contributed by atoms with Crippen LogP contribution in [0.3, 0.4) is 0 Å². The Labute approximate surface area is 120 Å². The highest BCUT2D eigenvalue weighted by Gasteiger charge is 2.36. The molecule has 3 atom stereocenters. The van der Waals surface area contributed by atoms with Crippen molar-refractivity contribution in [2.24, 2.45) is 11.8 Å². The number of hydrogen-bond donors (Lipinski definition) is 0.